The summed E-state index contributed by atoms with van der Waals surface area (Å²) in [7, 11) is 0. The minimum atomic E-state index is -0.484. The average molecular weight is 293 g/mol. The van der Waals surface area contributed by atoms with Gasteiger partial charge in [0, 0.05) is 30.4 Å². The van der Waals surface area contributed by atoms with Crippen LogP contribution in [0.5, 0.6) is 0 Å². The highest BCUT2D eigenvalue weighted by Gasteiger charge is 2.30. The molecular weight excluding hydrogens is 274 g/mol. The van der Waals surface area contributed by atoms with Crippen molar-refractivity contribution in [2.75, 3.05) is 11.4 Å². The molecule has 8 heteroatoms. The summed E-state index contributed by atoms with van der Waals surface area (Å²) in [5, 5.41) is 22.8. The molecule has 0 bridgehead atoms. The number of aromatic nitrogens is 1. The average Bonchev–Trinajstić information content (AvgIpc) is 2.48. The van der Waals surface area contributed by atoms with Crippen LogP contribution in [0.3, 0.4) is 0 Å². The largest absolute Gasteiger partial charge is 0.409 e. The van der Waals surface area contributed by atoms with Crippen LogP contribution in [0.4, 0.5) is 11.5 Å². The van der Waals surface area contributed by atoms with Crippen LogP contribution in [-0.2, 0) is 0 Å². The van der Waals surface area contributed by atoms with E-state index < -0.39 is 4.92 Å². The van der Waals surface area contributed by atoms with Crippen molar-refractivity contribution in [2.24, 2.45) is 16.8 Å². The molecule has 1 aliphatic heterocycles. The third-order valence-electron chi connectivity index (χ3n) is 3.84. The Morgan fingerprint density at radius 3 is 2.90 bits per heavy atom. The van der Waals surface area contributed by atoms with Gasteiger partial charge in [-0.1, -0.05) is 12.1 Å². The summed E-state index contributed by atoms with van der Waals surface area (Å²) < 4.78 is 0. The van der Waals surface area contributed by atoms with Gasteiger partial charge in [-0.15, -0.1) is 0 Å². The Balaban J connectivity index is 2.45. The first-order chi connectivity index (χ1) is 9.93. The fourth-order valence-electron chi connectivity index (χ4n) is 2.58. The van der Waals surface area contributed by atoms with Crippen molar-refractivity contribution in [3.05, 3.63) is 27.9 Å². The number of rotatable bonds is 3. The third kappa shape index (κ3) is 3.04. The van der Waals surface area contributed by atoms with Gasteiger partial charge in [-0.25, -0.2) is 4.98 Å². The first kappa shape index (κ1) is 15.0. The highest BCUT2D eigenvalue weighted by Crippen LogP contribution is 2.32. The second-order valence-corrected chi connectivity index (χ2v) is 5.49. The molecule has 114 valence electrons. The van der Waals surface area contributed by atoms with Crippen LogP contribution in [0.1, 0.15) is 32.3 Å². The molecule has 2 heterocycles. The summed E-state index contributed by atoms with van der Waals surface area (Å²) in [6.45, 7) is 4.89. The highest BCUT2D eigenvalue weighted by molar-refractivity contribution is 5.97. The van der Waals surface area contributed by atoms with E-state index in [1.54, 1.807) is 0 Å². The number of hydrogen-bond donors (Lipinski definition) is 2. The first-order valence-electron chi connectivity index (χ1n) is 6.83. The molecule has 1 fully saturated rings. The zero-order valence-electron chi connectivity index (χ0n) is 12.1. The number of nitrogens with two attached hydrogens (primary N) is 1. The van der Waals surface area contributed by atoms with E-state index in [1.165, 1.54) is 12.3 Å². The maximum absolute atomic E-state index is 11.3. The molecule has 0 spiro atoms. The Bertz CT molecular complexity index is 575. The summed E-state index contributed by atoms with van der Waals surface area (Å²) in [6, 6.07) is 1.49. The predicted molar refractivity (Wildman–Crippen MR) is 78.6 cm³/mol. The van der Waals surface area contributed by atoms with Crippen molar-refractivity contribution in [3.8, 4) is 0 Å². The molecule has 0 aromatic carbocycles. The number of oxime groups is 1. The standard InChI is InChI=1S/C13H19N5O3/c1-8-3-4-9(2)17(7-8)13-11(18(20)21)5-10(6-15-13)12(14)16-19/h5-6,8-9,19H,3-4,7H2,1-2H3,(H2,14,16). The quantitative estimate of drug-likeness (QED) is 0.288. The maximum atomic E-state index is 11.3. The molecule has 0 radical (unpaired) electrons. The topological polar surface area (TPSA) is 118 Å². The molecule has 1 saturated heterocycles. The van der Waals surface area contributed by atoms with Crippen molar-refractivity contribution in [1.29, 1.82) is 0 Å². The number of nitro groups is 1. The van der Waals surface area contributed by atoms with Gasteiger partial charge in [0.1, 0.15) is 0 Å². The van der Waals surface area contributed by atoms with E-state index >= 15 is 0 Å². The van der Waals surface area contributed by atoms with Gasteiger partial charge in [-0.3, -0.25) is 10.1 Å². The van der Waals surface area contributed by atoms with E-state index in [2.05, 4.69) is 17.1 Å². The van der Waals surface area contributed by atoms with E-state index in [-0.39, 0.29) is 23.1 Å². The lowest BCUT2D eigenvalue weighted by molar-refractivity contribution is -0.384. The molecule has 2 unspecified atom stereocenters. The number of nitrogens with zero attached hydrogens (tertiary/aromatic N) is 4. The Morgan fingerprint density at radius 1 is 1.57 bits per heavy atom. The van der Waals surface area contributed by atoms with Gasteiger partial charge in [0.2, 0.25) is 5.82 Å². The summed E-state index contributed by atoms with van der Waals surface area (Å²) in [5.74, 6) is 0.608. The maximum Gasteiger partial charge on any atom is 0.312 e. The zero-order valence-corrected chi connectivity index (χ0v) is 12.1. The molecule has 0 amide bonds. The summed E-state index contributed by atoms with van der Waals surface area (Å²) in [6.07, 6.45) is 3.47. The lowest BCUT2D eigenvalue weighted by atomic mass is 9.95. The second-order valence-electron chi connectivity index (χ2n) is 5.49. The molecule has 0 aliphatic carbocycles. The molecule has 0 saturated carbocycles. The SMILES string of the molecule is CC1CCC(C)N(c2ncc(C(N)=NO)cc2[N+](=O)[O-])C1. The van der Waals surface area contributed by atoms with Crippen LogP contribution in [0.2, 0.25) is 0 Å². The molecule has 1 aromatic rings. The Hall–Kier alpha value is -2.38. The van der Waals surface area contributed by atoms with Crippen LogP contribution in [0, 0.1) is 16.0 Å². The zero-order chi connectivity index (χ0) is 15.6. The van der Waals surface area contributed by atoms with E-state index in [9.17, 15) is 10.1 Å². The number of anilines is 1. The molecule has 21 heavy (non-hydrogen) atoms. The summed E-state index contributed by atoms with van der Waals surface area (Å²) >= 11 is 0. The second kappa shape index (κ2) is 5.94. The van der Waals surface area contributed by atoms with Crippen LogP contribution >= 0.6 is 0 Å². The predicted octanol–water partition coefficient (Wildman–Crippen LogP) is 1.71. The third-order valence-corrected chi connectivity index (χ3v) is 3.84. The van der Waals surface area contributed by atoms with Crippen LogP contribution < -0.4 is 10.6 Å². The van der Waals surface area contributed by atoms with E-state index in [0.29, 0.717) is 11.7 Å². The van der Waals surface area contributed by atoms with E-state index in [4.69, 9.17) is 10.9 Å². The molecule has 2 rings (SSSR count). The summed E-state index contributed by atoms with van der Waals surface area (Å²) in [5.41, 5.74) is 5.57. The minimum Gasteiger partial charge on any atom is -0.409 e. The smallest absolute Gasteiger partial charge is 0.312 e. The lowest BCUT2D eigenvalue weighted by Gasteiger charge is -2.37. The molecule has 1 aromatic heterocycles. The molecular formula is C13H19N5O3. The normalized spacial score (nSPS) is 23.1. The van der Waals surface area contributed by atoms with Gasteiger partial charge in [0.15, 0.2) is 5.84 Å². The first-order valence-corrected chi connectivity index (χ1v) is 6.83. The van der Waals surface area contributed by atoms with Gasteiger partial charge < -0.3 is 15.8 Å². The molecule has 8 nitrogen and oxygen atoms in total. The van der Waals surface area contributed by atoms with Crippen molar-refractivity contribution in [1.82, 2.24) is 4.98 Å². The van der Waals surface area contributed by atoms with Crippen molar-refractivity contribution in [2.45, 2.75) is 32.7 Å². The van der Waals surface area contributed by atoms with Crippen molar-refractivity contribution in [3.63, 3.8) is 0 Å². The van der Waals surface area contributed by atoms with E-state index in [1.807, 2.05) is 11.8 Å². The Labute approximate surface area is 122 Å². The van der Waals surface area contributed by atoms with Gasteiger partial charge >= 0.3 is 5.69 Å². The fraction of sp³-hybridized carbons (Fsp3) is 0.538. The fourth-order valence-corrected chi connectivity index (χ4v) is 2.58. The molecule has 3 N–H and O–H groups in total. The summed E-state index contributed by atoms with van der Waals surface area (Å²) in [4.78, 5) is 17.0. The molecule has 2 atom stereocenters. The Kier molecular flexibility index (Phi) is 4.25. The lowest BCUT2D eigenvalue weighted by Crippen LogP contribution is -2.42. The minimum absolute atomic E-state index is 0.125. The molecule has 1 aliphatic rings. The van der Waals surface area contributed by atoms with Crippen LogP contribution in [0.25, 0.3) is 0 Å². The van der Waals surface area contributed by atoms with Gasteiger partial charge in [-0.05, 0) is 25.7 Å². The highest BCUT2D eigenvalue weighted by atomic mass is 16.6. The van der Waals surface area contributed by atoms with Crippen molar-refractivity contribution >= 4 is 17.3 Å². The monoisotopic (exact) mass is 293 g/mol. The Morgan fingerprint density at radius 2 is 2.29 bits per heavy atom. The van der Waals surface area contributed by atoms with Gasteiger partial charge in [0.25, 0.3) is 0 Å². The number of pyridine rings is 1. The van der Waals surface area contributed by atoms with Gasteiger partial charge in [-0.2, -0.15) is 0 Å². The van der Waals surface area contributed by atoms with E-state index in [0.717, 1.165) is 19.4 Å². The number of hydrogen-bond acceptors (Lipinski definition) is 6. The van der Waals surface area contributed by atoms with Crippen LogP contribution in [-0.4, -0.2) is 33.5 Å². The number of piperidine rings is 1. The van der Waals surface area contributed by atoms with Crippen LogP contribution in [0.15, 0.2) is 17.4 Å². The van der Waals surface area contributed by atoms with Crippen molar-refractivity contribution < 1.29 is 10.1 Å². The van der Waals surface area contributed by atoms with Gasteiger partial charge in [0.05, 0.1) is 4.92 Å². The number of amidine groups is 1.